The summed E-state index contributed by atoms with van der Waals surface area (Å²) < 4.78 is 7.59. The van der Waals surface area contributed by atoms with Crippen LogP contribution in [0.25, 0.3) is 22.8 Å². The van der Waals surface area contributed by atoms with E-state index in [4.69, 9.17) is 9.40 Å². The number of rotatable bonds is 3. The zero-order valence-corrected chi connectivity index (χ0v) is 16.6. The normalized spacial score (nSPS) is 18.7. The number of aryl methyl sites for hydroxylation is 2. The van der Waals surface area contributed by atoms with Crippen molar-refractivity contribution < 1.29 is 18.8 Å². The molecule has 3 aromatic rings. The zero-order chi connectivity index (χ0) is 21.0. The van der Waals surface area contributed by atoms with Crippen LogP contribution in [-0.4, -0.2) is 38.2 Å². The van der Waals surface area contributed by atoms with Gasteiger partial charge in [0.15, 0.2) is 11.6 Å². The molecule has 30 heavy (non-hydrogen) atoms. The van der Waals surface area contributed by atoms with E-state index in [1.165, 1.54) is 0 Å². The summed E-state index contributed by atoms with van der Waals surface area (Å²) >= 11 is 0. The van der Waals surface area contributed by atoms with Gasteiger partial charge in [-0.3, -0.25) is 19.7 Å². The van der Waals surface area contributed by atoms with E-state index in [-0.39, 0.29) is 18.2 Å². The predicted octanol–water partition coefficient (Wildman–Crippen LogP) is 2.42. The molecule has 5 rings (SSSR count). The lowest BCUT2D eigenvalue weighted by Crippen LogP contribution is -2.52. The Hall–Kier alpha value is -3.68. The van der Waals surface area contributed by atoms with Gasteiger partial charge in [0.25, 0.3) is 5.91 Å². The van der Waals surface area contributed by atoms with Crippen molar-refractivity contribution in [1.82, 2.24) is 19.8 Å². The fourth-order valence-electron chi connectivity index (χ4n) is 4.12. The maximum absolute atomic E-state index is 12.8. The Labute approximate surface area is 172 Å². The van der Waals surface area contributed by atoms with Gasteiger partial charge in [0.05, 0.1) is 5.69 Å². The van der Waals surface area contributed by atoms with Crippen molar-refractivity contribution in [2.45, 2.75) is 32.4 Å². The molecule has 1 unspecified atom stereocenters. The van der Waals surface area contributed by atoms with Gasteiger partial charge in [-0.05, 0) is 43.2 Å². The molecular weight excluding hydrogens is 384 g/mol. The molecule has 1 N–H and O–H groups in total. The van der Waals surface area contributed by atoms with Gasteiger partial charge in [0, 0.05) is 37.3 Å². The standard InChI is InChI=1S/C22H20N4O4/c1-12-3-7-18(30-12)20-23-16(11-25(20)2)13-4-5-15-14(9-13)10-26(22(15)29)17-6-8-19(27)24-21(17)28/h3-5,7,9,11,17H,6,8,10H2,1-2H3,(H,24,27,28). The molecule has 3 amide bonds. The topological polar surface area (TPSA) is 97.4 Å². The highest BCUT2D eigenvalue weighted by molar-refractivity contribution is 6.05. The highest BCUT2D eigenvalue weighted by Crippen LogP contribution is 2.32. The van der Waals surface area contributed by atoms with Gasteiger partial charge in [-0.1, -0.05) is 6.07 Å². The molecule has 4 heterocycles. The second-order valence-corrected chi connectivity index (χ2v) is 7.74. The molecular formula is C22H20N4O4. The average molecular weight is 404 g/mol. The summed E-state index contributed by atoms with van der Waals surface area (Å²) in [6, 6.07) is 8.76. The molecule has 1 aromatic carbocycles. The van der Waals surface area contributed by atoms with Gasteiger partial charge in [-0.25, -0.2) is 4.98 Å². The summed E-state index contributed by atoms with van der Waals surface area (Å²) in [6.07, 6.45) is 2.51. The van der Waals surface area contributed by atoms with E-state index in [1.807, 2.05) is 49.0 Å². The lowest BCUT2D eigenvalue weighted by atomic mass is 10.0. The van der Waals surface area contributed by atoms with Gasteiger partial charge in [0.2, 0.25) is 11.8 Å². The maximum atomic E-state index is 12.8. The van der Waals surface area contributed by atoms with E-state index in [0.717, 1.165) is 28.4 Å². The van der Waals surface area contributed by atoms with Crippen molar-refractivity contribution in [2.75, 3.05) is 0 Å². The molecule has 1 saturated heterocycles. The molecule has 8 heteroatoms. The van der Waals surface area contributed by atoms with Gasteiger partial charge >= 0.3 is 0 Å². The number of aromatic nitrogens is 2. The predicted molar refractivity (Wildman–Crippen MR) is 107 cm³/mol. The highest BCUT2D eigenvalue weighted by Gasteiger charge is 2.39. The number of nitrogens with zero attached hydrogens (tertiary/aromatic N) is 3. The van der Waals surface area contributed by atoms with E-state index in [1.54, 1.807) is 11.0 Å². The van der Waals surface area contributed by atoms with Crippen molar-refractivity contribution in [3.63, 3.8) is 0 Å². The lowest BCUT2D eigenvalue weighted by molar-refractivity contribution is -0.136. The number of imidazole rings is 1. The number of imide groups is 1. The van der Waals surface area contributed by atoms with Crippen molar-refractivity contribution in [2.24, 2.45) is 7.05 Å². The van der Waals surface area contributed by atoms with Crippen LogP contribution >= 0.6 is 0 Å². The minimum atomic E-state index is -0.616. The molecule has 0 aliphatic carbocycles. The van der Waals surface area contributed by atoms with E-state index in [0.29, 0.717) is 24.3 Å². The second kappa shape index (κ2) is 6.69. The number of carbonyl (C=O) groups is 3. The molecule has 2 aliphatic rings. The molecule has 152 valence electrons. The minimum Gasteiger partial charge on any atom is -0.458 e. The summed E-state index contributed by atoms with van der Waals surface area (Å²) in [7, 11) is 1.91. The summed E-state index contributed by atoms with van der Waals surface area (Å²) in [5.74, 6) is 1.36. The summed E-state index contributed by atoms with van der Waals surface area (Å²) in [6.45, 7) is 2.23. The summed E-state index contributed by atoms with van der Waals surface area (Å²) in [5.41, 5.74) is 3.09. The molecule has 0 bridgehead atoms. The molecule has 8 nitrogen and oxygen atoms in total. The van der Waals surface area contributed by atoms with Crippen molar-refractivity contribution in [1.29, 1.82) is 0 Å². The Balaban J connectivity index is 1.44. The molecule has 2 aliphatic heterocycles. The fourth-order valence-corrected chi connectivity index (χ4v) is 4.12. The first-order chi connectivity index (χ1) is 14.4. The summed E-state index contributed by atoms with van der Waals surface area (Å²) in [4.78, 5) is 42.7. The molecule has 0 spiro atoms. The zero-order valence-electron chi connectivity index (χ0n) is 16.6. The Morgan fingerprint density at radius 2 is 2.00 bits per heavy atom. The van der Waals surface area contributed by atoms with Crippen LogP contribution in [0.5, 0.6) is 0 Å². The number of benzene rings is 1. The molecule has 0 saturated carbocycles. The molecule has 1 atom stereocenters. The lowest BCUT2D eigenvalue weighted by Gasteiger charge is -2.29. The number of carbonyl (C=O) groups excluding carboxylic acids is 3. The number of fused-ring (bicyclic) bond motifs is 1. The summed E-state index contributed by atoms with van der Waals surface area (Å²) in [5, 5.41) is 2.32. The van der Waals surface area contributed by atoms with Crippen LogP contribution in [0, 0.1) is 6.92 Å². The largest absolute Gasteiger partial charge is 0.458 e. The van der Waals surface area contributed by atoms with Crippen LogP contribution in [0.3, 0.4) is 0 Å². The monoisotopic (exact) mass is 404 g/mol. The number of nitrogens with one attached hydrogen (secondary N) is 1. The van der Waals surface area contributed by atoms with Crippen LogP contribution in [-0.2, 0) is 23.2 Å². The van der Waals surface area contributed by atoms with Crippen LogP contribution in [0.15, 0.2) is 40.9 Å². The number of amides is 3. The van der Waals surface area contributed by atoms with E-state index < -0.39 is 11.9 Å². The van der Waals surface area contributed by atoms with Crippen LogP contribution in [0.4, 0.5) is 0 Å². The minimum absolute atomic E-state index is 0.182. The van der Waals surface area contributed by atoms with Gasteiger partial charge in [-0.2, -0.15) is 0 Å². The fraction of sp³-hybridized carbons (Fsp3) is 0.273. The van der Waals surface area contributed by atoms with Crippen LogP contribution < -0.4 is 5.32 Å². The highest BCUT2D eigenvalue weighted by atomic mass is 16.3. The second-order valence-electron chi connectivity index (χ2n) is 7.74. The van der Waals surface area contributed by atoms with Crippen LogP contribution in [0.1, 0.15) is 34.5 Å². The van der Waals surface area contributed by atoms with Crippen molar-refractivity contribution >= 4 is 17.7 Å². The maximum Gasteiger partial charge on any atom is 0.255 e. The molecule has 0 radical (unpaired) electrons. The first kappa shape index (κ1) is 18.4. The Morgan fingerprint density at radius 1 is 1.17 bits per heavy atom. The Morgan fingerprint density at radius 3 is 2.73 bits per heavy atom. The van der Waals surface area contributed by atoms with Crippen molar-refractivity contribution in [3.05, 3.63) is 53.4 Å². The molecule has 2 aromatic heterocycles. The van der Waals surface area contributed by atoms with E-state index in [9.17, 15) is 14.4 Å². The smallest absolute Gasteiger partial charge is 0.255 e. The number of hydrogen-bond donors (Lipinski definition) is 1. The quantitative estimate of drug-likeness (QED) is 0.676. The Bertz CT molecular complexity index is 1210. The molecule has 1 fully saturated rings. The van der Waals surface area contributed by atoms with Crippen molar-refractivity contribution in [3.8, 4) is 22.8 Å². The van der Waals surface area contributed by atoms with Crippen LogP contribution in [0.2, 0.25) is 0 Å². The average Bonchev–Trinajstić information content (AvgIpc) is 3.39. The SMILES string of the molecule is Cc1ccc(-c2nc(-c3ccc4c(c3)CN(C3CCC(=O)NC3=O)C4=O)cn2C)o1. The first-order valence-corrected chi connectivity index (χ1v) is 9.79. The number of piperidine rings is 1. The third-order valence-electron chi connectivity index (χ3n) is 5.66. The first-order valence-electron chi connectivity index (χ1n) is 9.79. The Kier molecular flexibility index (Phi) is 4.09. The number of furan rings is 1. The van der Waals surface area contributed by atoms with E-state index >= 15 is 0 Å². The van der Waals surface area contributed by atoms with E-state index in [2.05, 4.69) is 5.32 Å². The van der Waals surface area contributed by atoms with Gasteiger partial charge in [0.1, 0.15) is 11.8 Å². The van der Waals surface area contributed by atoms with Gasteiger partial charge < -0.3 is 13.9 Å². The third kappa shape index (κ3) is 2.92. The van der Waals surface area contributed by atoms with Gasteiger partial charge in [-0.15, -0.1) is 0 Å². The number of hydrogen-bond acceptors (Lipinski definition) is 5. The third-order valence-corrected chi connectivity index (χ3v) is 5.66.